The third kappa shape index (κ3) is 1.77. The third-order valence-electron chi connectivity index (χ3n) is 2.41. The van der Waals surface area contributed by atoms with Gasteiger partial charge >= 0.3 is 0 Å². The van der Waals surface area contributed by atoms with Crippen LogP contribution in [0.5, 0.6) is 0 Å². The summed E-state index contributed by atoms with van der Waals surface area (Å²) in [6.45, 7) is 1.93. The van der Waals surface area contributed by atoms with E-state index in [-0.39, 0.29) is 12.1 Å². The zero-order valence-corrected chi connectivity index (χ0v) is 8.12. The quantitative estimate of drug-likeness (QED) is 0.644. The first-order valence-electron chi connectivity index (χ1n) is 4.64. The molecule has 1 aromatic rings. The van der Waals surface area contributed by atoms with Crippen molar-refractivity contribution in [2.45, 2.75) is 25.3 Å². The number of nitrogens with zero attached hydrogens (tertiary/aromatic N) is 2. The molecule has 2 rings (SSSR count). The van der Waals surface area contributed by atoms with Crippen LogP contribution in [0.3, 0.4) is 0 Å². The van der Waals surface area contributed by atoms with Crippen molar-refractivity contribution in [2.24, 2.45) is 0 Å². The number of nitrogens with two attached hydrogens (primary N) is 1. The fourth-order valence-electron chi connectivity index (χ4n) is 1.40. The number of anilines is 2. The Morgan fingerprint density at radius 1 is 1.57 bits per heavy atom. The van der Waals surface area contributed by atoms with Gasteiger partial charge in [-0.15, -0.1) is 0 Å². The molecule has 0 unspecified atom stereocenters. The highest BCUT2D eigenvalue weighted by Crippen LogP contribution is 2.37. The maximum absolute atomic E-state index is 9.12. The first-order chi connectivity index (χ1) is 6.63. The second-order valence-corrected chi connectivity index (χ2v) is 3.79. The molecule has 1 aliphatic carbocycles. The van der Waals surface area contributed by atoms with Gasteiger partial charge < -0.3 is 16.2 Å². The summed E-state index contributed by atoms with van der Waals surface area (Å²) in [5.74, 6) is 1.79. The molecular weight excluding hydrogens is 180 g/mol. The van der Waals surface area contributed by atoms with Gasteiger partial charge in [-0.05, 0) is 19.8 Å². The zero-order chi connectivity index (χ0) is 10.2. The van der Waals surface area contributed by atoms with Crippen LogP contribution < -0.4 is 11.1 Å². The van der Waals surface area contributed by atoms with Crippen molar-refractivity contribution in [1.29, 1.82) is 0 Å². The highest BCUT2D eigenvalue weighted by Gasteiger charge is 2.42. The third-order valence-corrected chi connectivity index (χ3v) is 2.41. The smallest absolute Gasteiger partial charge is 0.132 e. The molecule has 4 N–H and O–H groups in total. The first kappa shape index (κ1) is 9.21. The minimum Gasteiger partial charge on any atom is -0.394 e. The molecule has 5 nitrogen and oxygen atoms in total. The van der Waals surface area contributed by atoms with E-state index >= 15 is 0 Å². The Kier molecular flexibility index (Phi) is 2.03. The van der Waals surface area contributed by atoms with Gasteiger partial charge in [0.25, 0.3) is 0 Å². The van der Waals surface area contributed by atoms with E-state index in [1.807, 2.05) is 0 Å². The van der Waals surface area contributed by atoms with E-state index in [1.54, 1.807) is 13.0 Å². The molecule has 0 radical (unpaired) electrons. The summed E-state index contributed by atoms with van der Waals surface area (Å²) < 4.78 is 0. The van der Waals surface area contributed by atoms with Gasteiger partial charge in [0.1, 0.15) is 17.5 Å². The summed E-state index contributed by atoms with van der Waals surface area (Å²) in [7, 11) is 0. The fourth-order valence-corrected chi connectivity index (χ4v) is 1.40. The summed E-state index contributed by atoms with van der Waals surface area (Å²) in [6, 6.07) is 1.68. The van der Waals surface area contributed by atoms with Gasteiger partial charge in [0.05, 0.1) is 12.1 Å². The molecule has 1 fully saturated rings. The van der Waals surface area contributed by atoms with E-state index in [1.165, 1.54) is 0 Å². The summed E-state index contributed by atoms with van der Waals surface area (Å²) >= 11 is 0. The van der Waals surface area contributed by atoms with E-state index < -0.39 is 0 Å². The molecule has 1 aromatic heterocycles. The molecule has 0 bridgehead atoms. The number of aromatic nitrogens is 2. The van der Waals surface area contributed by atoms with Crippen LogP contribution in [-0.2, 0) is 0 Å². The van der Waals surface area contributed by atoms with Crippen molar-refractivity contribution in [2.75, 3.05) is 17.7 Å². The number of aliphatic hydroxyl groups is 1. The van der Waals surface area contributed by atoms with Crippen LogP contribution >= 0.6 is 0 Å². The lowest BCUT2D eigenvalue weighted by molar-refractivity contribution is 0.266. The molecule has 1 saturated carbocycles. The Hall–Kier alpha value is -1.36. The monoisotopic (exact) mass is 194 g/mol. The lowest BCUT2D eigenvalue weighted by atomic mass is 10.3. The Morgan fingerprint density at radius 3 is 2.79 bits per heavy atom. The van der Waals surface area contributed by atoms with Crippen LogP contribution in [0.15, 0.2) is 6.07 Å². The second-order valence-electron chi connectivity index (χ2n) is 3.79. The van der Waals surface area contributed by atoms with Crippen LogP contribution in [0.25, 0.3) is 0 Å². The predicted molar refractivity (Wildman–Crippen MR) is 53.9 cm³/mol. The van der Waals surface area contributed by atoms with Gasteiger partial charge in [0, 0.05) is 6.07 Å². The molecule has 1 heterocycles. The van der Waals surface area contributed by atoms with Crippen LogP contribution in [0.1, 0.15) is 18.7 Å². The first-order valence-corrected chi connectivity index (χ1v) is 4.64. The van der Waals surface area contributed by atoms with Crippen LogP contribution in [-0.4, -0.2) is 27.2 Å². The molecule has 0 saturated heterocycles. The van der Waals surface area contributed by atoms with Crippen molar-refractivity contribution >= 4 is 11.6 Å². The maximum Gasteiger partial charge on any atom is 0.132 e. The molecule has 0 spiro atoms. The number of aryl methyl sites for hydroxylation is 1. The Morgan fingerprint density at radius 2 is 2.29 bits per heavy atom. The summed E-state index contributed by atoms with van der Waals surface area (Å²) in [4.78, 5) is 8.17. The molecule has 76 valence electrons. The van der Waals surface area contributed by atoms with Crippen molar-refractivity contribution in [1.82, 2.24) is 9.97 Å². The SMILES string of the molecule is Cc1nc(N)cc(NC2(CO)CC2)n1. The van der Waals surface area contributed by atoms with E-state index in [0.717, 1.165) is 12.8 Å². The molecule has 0 aromatic carbocycles. The minimum absolute atomic E-state index is 0.135. The van der Waals surface area contributed by atoms with Crippen molar-refractivity contribution in [3.8, 4) is 0 Å². The van der Waals surface area contributed by atoms with Gasteiger partial charge in [-0.1, -0.05) is 0 Å². The normalized spacial score (nSPS) is 17.9. The highest BCUT2D eigenvalue weighted by atomic mass is 16.3. The van der Waals surface area contributed by atoms with Gasteiger partial charge in [-0.25, -0.2) is 9.97 Å². The molecule has 0 atom stereocenters. The highest BCUT2D eigenvalue weighted by molar-refractivity contribution is 5.47. The van der Waals surface area contributed by atoms with E-state index in [0.29, 0.717) is 17.5 Å². The lowest BCUT2D eigenvalue weighted by Gasteiger charge is -2.15. The number of hydrogen-bond donors (Lipinski definition) is 3. The molecule has 0 aliphatic heterocycles. The summed E-state index contributed by atoms with van der Waals surface area (Å²) in [5, 5.41) is 12.3. The molecule has 14 heavy (non-hydrogen) atoms. The summed E-state index contributed by atoms with van der Waals surface area (Å²) in [5.41, 5.74) is 5.43. The van der Waals surface area contributed by atoms with Crippen LogP contribution in [0.2, 0.25) is 0 Å². The van der Waals surface area contributed by atoms with E-state index in [4.69, 9.17) is 10.8 Å². The number of hydrogen-bond acceptors (Lipinski definition) is 5. The van der Waals surface area contributed by atoms with Gasteiger partial charge in [0.15, 0.2) is 0 Å². The topological polar surface area (TPSA) is 84.1 Å². The van der Waals surface area contributed by atoms with Crippen molar-refractivity contribution in [3.63, 3.8) is 0 Å². The standard InChI is InChI=1S/C9H14N4O/c1-6-11-7(10)4-8(12-6)13-9(5-14)2-3-9/h4,14H,2-3,5H2,1H3,(H3,10,11,12,13). The number of rotatable bonds is 3. The zero-order valence-electron chi connectivity index (χ0n) is 8.12. The molecule has 1 aliphatic rings. The van der Waals surface area contributed by atoms with Crippen LogP contribution in [0, 0.1) is 6.92 Å². The average Bonchev–Trinajstić information content (AvgIpc) is 2.83. The molecule has 0 amide bonds. The number of aliphatic hydroxyl groups excluding tert-OH is 1. The van der Waals surface area contributed by atoms with E-state index in [9.17, 15) is 0 Å². The van der Waals surface area contributed by atoms with Gasteiger partial charge in [-0.3, -0.25) is 0 Å². The second kappa shape index (κ2) is 3.09. The summed E-state index contributed by atoms with van der Waals surface area (Å²) in [6.07, 6.45) is 1.96. The van der Waals surface area contributed by atoms with Gasteiger partial charge in [0.2, 0.25) is 0 Å². The van der Waals surface area contributed by atoms with Crippen molar-refractivity contribution < 1.29 is 5.11 Å². The average molecular weight is 194 g/mol. The predicted octanol–water partition coefficient (Wildman–Crippen LogP) is 0.304. The number of nitrogens with one attached hydrogen (secondary N) is 1. The Bertz CT molecular complexity index is 328. The van der Waals surface area contributed by atoms with E-state index in [2.05, 4.69) is 15.3 Å². The van der Waals surface area contributed by atoms with Crippen molar-refractivity contribution in [3.05, 3.63) is 11.9 Å². The molecule has 5 heteroatoms. The van der Waals surface area contributed by atoms with Crippen LogP contribution in [0.4, 0.5) is 11.6 Å². The van der Waals surface area contributed by atoms with Gasteiger partial charge in [-0.2, -0.15) is 0 Å². The lowest BCUT2D eigenvalue weighted by Crippen LogP contribution is -2.26. The number of nitrogen functional groups attached to an aromatic ring is 1. The Balaban J connectivity index is 2.16. The largest absolute Gasteiger partial charge is 0.394 e. The minimum atomic E-state index is -0.159. The maximum atomic E-state index is 9.12. The molecular formula is C9H14N4O. The fraction of sp³-hybridized carbons (Fsp3) is 0.556. The Labute approximate surface area is 82.4 Å².